The van der Waals surface area contributed by atoms with E-state index in [1.165, 1.54) is 5.56 Å². The number of hydrogen-bond donors (Lipinski definition) is 0. The predicted octanol–water partition coefficient (Wildman–Crippen LogP) is 3.65. The summed E-state index contributed by atoms with van der Waals surface area (Å²) < 4.78 is 2.08. The Bertz CT molecular complexity index is 1070. The number of benzene rings is 1. The SMILES string of the molecule is O=C1CCCN1CCCC(=O)N1CCC(c2ccccc2)(c2cn3ccccc3n2)CC1. The summed E-state index contributed by atoms with van der Waals surface area (Å²) in [7, 11) is 0. The molecule has 0 aliphatic carbocycles. The Kier molecular flexibility index (Phi) is 5.68. The number of nitrogens with zero attached hydrogens (tertiary/aromatic N) is 4. The van der Waals surface area contributed by atoms with Gasteiger partial charge in [-0.05, 0) is 43.4 Å². The zero-order valence-electron chi connectivity index (χ0n) is 18.4. The Morgan fingerprint density at radius 1 is 1.00 bits per heavy atom. The number of imidazole rings is 1. The maximum atomic E-state index is 12.9. The lowest BCUT2D eigenvalue weighted by Crippen LogP contribution is -2.46. The molecule has 2 saturated heterocycles. The molecular formula is C26H30N4O2. The lowest BCUT2D eigenvalue weighted by atomic mass is 9.70. The molecule has 1 aromatic carbocycles. The average molecular weight is 431 g/mol. The van der Waals surface area contributed by atoms with Gasteiger partial charge in [0.2, 0.25) is 11.8 Å². The van der Waals surface area contributed by atoms with E-state index < -0.39 is 0 Å². The van der Waals surface area contributed by atoms with Crippen molar-refractivity contribution in [3.8, 4) is 0 Å². The van der Waals surface area contributed by atoms with E-state index in [-0.39, 0.29) is 17.2 Å². The van der Waals surface area contributed by atoms with Crippen LogP contribution in [0.4, 0.5) is 0 Å². The highest BCUT2D eigenvalue weighted by Crippen LogP contribution is 2.41. The Hall–Kier alpha value is -3.15. The molecule has 166 valence electrons. The minimum Gasteiger partial charge on any atom is -0.343 e. The predicted molar refractivity (Wildman–Crippen MR) is 123 cm³/mol. The van der Waals surface area contributed by atoms with Crippen molar-refractivity contribution < 1.29 is 9.59 Å². The molecule has 6 heteroatoms. The van der Waals surface area contributed by atoms with Gasteiger partial charge < -0.3 is 14.2 Å². The van der Waals surface area contributed by atoms with E-state index >= 15 is 0 Å². The third kappa shape index (κ3) is 3.90. The van der Waals surface area contributed by atoms with Crippen molar-refractivity contribution >= 4 is 17.5 Å². The van der Waals surface area contributed by atoms with Gasteiger partial charge in [-0.1, -0.05) is 36.4 Å². The van der Waals surface area contributed by atoms with Crippen molar-refractivity contribution in [1.82, 2.24) is 19.2 Å². The highest BCUT2D eigenvalue weighted by atomic mass is 16.2. The standard InChI is InChI=1S/C26H30N4O2/c31-24-11-6-16-28(24)17-7-12-25(32)29-18-13-26(14-19-29,21-8-2-1-3-9-21)22-20-30-15-5-4-10-23(30)27-22/h1-5,8-10,15,20H,6-7,11-14,16-19H2. The number of rotatable bonds is 6. The molecule has 0 bridgehead atoms. The molecule has 3 aromatic rings. The lowest BCUT2D eigenvalue weighted by molar-refractivity contribution is -0.133. The third-order valence-electron chi connectivity index (χ3n) is 7.14. The van der Waals surface area contributed by atoms with Crippen LogP contribution in [-0.2, 0) is 15.0 Å². The number of carbonyl (C=O) groups is 2. The molecule has 4 heterocycles. The molecule has 0 atom stereocenters. The van der Waals surface area contributed by atoms with Crippen LogP contribution in [0.5, 0.6) is 0 Å². The molecule has 2 aromatic heterocycles. The van der Waals surface area contributed by atoms with Crippen molar-refractivity contribution in [2.75, 3.05) is 26.2 Å². The molecule has 0 saturated carbocycles. The number of amides is 2. The second kappa shape index (κ2) is 8.77. The molecule has 0 N–H and O–H groups in total. The molecule has 0 radical (unpaired) electrons. The number of hydrogen-bond acceptors (Lipinski definition) is 3. The van der Waals surface area contributed by atoms with Crippen LogP contribution >= 0.6 is 0 Å². The Labute approximate surface area is 188 Å². The number of fused-ring (bicyclic) bond motifs is 1. The minimum absolute atomic E-state index is 0.188. The summed E-state index contributed by atoms with van der Waals surface area (Å²) in [4.78, 5) is 33.5. The van der Waals surface area contributed by atoms with Crippen LogP contribution in [0, 0.1) is 0 Å². The second-order valence-electron chi connectivity index (χ2n) is 9.01. The van der Waals surface area contributed by atoms with Gasteiger partial charge in [0, 0.05) is 56.8 Å². The minimum atomic E-state index is -0.188. The summed E-state index contributed by atoms with van der Waals surface area (Å²) in [6, 6.07) is 16.7. The van der Waals surface area contributed by atoms with Crippen molar-refractivity contribution in [3.63, 3.8) is 0 Å². The Morgan fingerprint density at radius 2 is 1.78 bits per heavy atom. The molecule has 6 nitrogen and oxygen atoms in total. The monoisotopic (exact) mass is 430 g/mol. The molecular weight excluding hydrogens is 400 g/mol. The smallest absolute Gasteiger partial charge is 0.222 e. The van der Waals surface area contributed by atoms with Gasteiger partial charge in [-0.15, -0.1) is 0 Å². The first-order chi connectivity index (χ1) is 15.7. The van der Waals surface area contributed by atoms with E-state index in [4.69, 9.17) is 4.98 Å². The maximum Gasteiger partial charge on any atom is 0.222 e. The lowest BCUT2D eigenvalue weighted by Gasteiger charge is -2.41. The summed E-state index contributed by atoms with van der Waals surface area (Å²) in [6.07, 6.45) is 8.76. The Balaban J connectivity index is 1.29. The van der Waals surface area contributed by atoms with Gasteiger partial charge >= 0.3 is 0 Å². The fourth-order valence-corrected chi connectivity index (χ4v) is 5.27. The van der Waals surface area contributed by atoms with Crippen LogP contribution in [0.15, 0.2) is 60.9 Å². The molecule has 2 aliphatic rings. The van der Waals surface area contributed by atoms with E-state index in [1.54, 1.807) is 0 Å². The molecule has 2 fully saturated rings. The molecule has 2 amide bonds. The van der Waals surface area contributed by atoms with Gasteiger partial charge in [-0.3, -0.25) is 9.59 Å². The van der Waals surface area contributed by atoms with Crippen LogP contribution in [0.2, 0.25) is 0 Å². The Morgan fingerprint density at radius 3 is 2.50 bits per heavy atom. The summed E-state index contributed by atoms with van der Waals surface area (Å²) >= 11 is 0. The number of piperidine rings is 1. The summed E-state index contributed by atoms with van der Waals surface area (Å²) in [6.45, 7) is 3.00. The normalized spacial score (nSPS) is 18.4. The van der Waals surface area contributed by atoms with E-state index in [0.29, 0.717) is 19.4 Å². The number of pyridine rings is 1. The zero-order valence-corrected chi connectivity index (χ0v) is 18.4. The van der Waals surface area contributed by atoms with E-state index in [0.717, 1.165) is 56.7 Å². The highest BCUT2D eigenvalue weighted by Gasteiger charge is 2.40. The van der Waals surface area contributed by atoms with Crippen LogP contribution in [0.25, 0.3) is 5.65 Å². The van der Waals surface area contributed by atoms with Gasteiger partial charge in [0.15, 0.2) is 0 Å². The van der Waals surface area contributed by atoms with Gasteiger partial charge in [-0.2, -0.15) is 0 Å². The van der Waals surface area contributed by atoms with E-state index in [1.807, 2.05) is 40.3 Å². The van der Waals surface area contributed by atoms with Gasteiger partial charge in [0.1, 0.15) is 5.65 Å². The van der Waals surface area contributed by atoms with Crippen molar-refractivity contribution in [3.05, 3.63) is 72.2 Å². The van der Waals surface area contributed by atoms with Gasteiger partial charge in [0.25, 0.3) is 0 Å². The van der Waals surface area contributed by atoms with Gasteiger partial charge in [-0.25, -0.2) is 4.98 Å². The van der Waals surface area contributed by atoms with Crippen LogP contribution in [0.1, 0.15) is 49.8 Å². The molecule has 32 heavy (non-hydrogen) atoms. The molecule has 0 unspecified atom stereocenters. The largest absolute Gasteiger partial charge is 0.343 e. The number of likely N-dealkylation sites (tertiary alicyclic amines) is 2. The fourth-order valence-electron chi connectivity index (χ4n) is 5.27. The second-order valence-corrected chi connectivity index (χ2v) is 9.01. The van der Waals surface area contributed by atoms with Crippen molar-refractivity contribution in [2.24, 2.45) is 0 Å². The topological polar surface area (TPSA) is 57.9 Å². The zero-order chi connectivity index (χ0) is 22.0. The highest BCUT2D eigenvalue weighted by molar-refractivity contribution is 5.78. The first-order valence-corrected chi connectivity index (χ1v) is 11.7. The van der Waals surface area contributed by atoms with Crippen LogP contribution < -0.4 is 0 Å². The first-order valence-electron chi connectivity index (χ1n) is 11.7. The summed E-state index contributed by atoms with van der Waals surface area (Å²) in [5.74, 6) is 0.434. The van der Waals surface area contributed by atoms with E-state index in [9.17, 15) is 9.59 Å². The molecule has 0 spiro atoms. The number of aromatic nitrogens is 2. The number of carbonyl (C=O) groups excluding carboxylic acids is 2. The first kappa shape index (κ1) is 20.7. The summed E-state index contributed by atoms with van der Waals surface area (Å²) in [5, 5.41) is 0. The average Bonchev–Trinajstić information content (AvgIpc) is 3.46. The van der Waals surface area contributed by atoms with Crippen molar-refractivity contribution in [2.45, 2.75) is 43.9 Å². The third-order valence-corrected chi connectivity index (χ3v) is 7.14. The summed E-state index contributed by atoms with van der Waals surface area (Å²) in [5.41, 5.74) is 3.11. The molecule has 2 aliphatic heterocycles. The van der Waals surface area contributed by atoms with E-state index in [2.05, 4.69) is 34.9 Å². The van der Waals surface area contributed by atoms with Crippen molar-refractivity contribution in [1.29, 1.82) is 0 Å². The molecule has 5 rings (SSSR count). The van der Waals surface area contributed by atoms with Crippen LogP contribution in [0.3, 0.4) is 0 Å². The maximum absolute atomic E-state index is 12.9. The van der Waals surface area contributed by atoms with Gasteiger partial charge in [0.05, 0.1) is 5.69 Å². The van der Waals surface area contributed by atoms with Crippen LogP contribution in [-0.4, -0.2) is 57.2 Å². The fraction of sp³-hybridized carbons (Fsp3) is 0.423. The quantitative estimate of drug-likeness (QED) is 0.600.